The summed E-state index contributed by atoms with van der Waals surface area (Å²) in [6.45, 7) is 6.23. The fourth-order valence-corrected chi connectivity index (χ4v) is 3.15. The number of aliphatic hydroxyl groups is 1. The highest BCUT2D eigenvalue weighted by Crippen LogP contribution is 2.25. The molecule has 0 aliphatic carbocycles. The first-order valence-corrected chi connectivity index (χ1v) is 7.89. The first-order chi connectivity index (χ1) is 10.1. The van der Waals surface area contributed by atoms with Gasteiger partial charge in [-0.1, -0.05) is 18.2 Å². The maximum absolute atomic E-state index is 13.9. The Kier molecular flexibility index (Phi) is 6.15. The highest BCUT2D eigenvalue weighted by molar-refractivity contribution is 5.20. The predicted molar refractivity (Wildman–Crippen MR) is 83.7 cm³/mol. The van der Waals surface area contributed by atoms with E-state index in [0.29, 0.717) is 5.92 Å². The number of hydrogen-bond donors (Lipinski definition) is 1. The lowest BCUT2D eigenvalue weighted by Crippen LogP contribution is -2.39. The minimum absolute atomic E-state index is 0.0988. The molecule has 1 aromatic carbocycles. The Bertz CT molecular complexity index is 433. The lowest BCUT2D eigenvalue weighted by molar-refractivity contribution is 0.120. The van der Waals surface area contributed by atoms with Crippen LogP contribution in [0.4, 0.5) is 4.39 Å². The number of piperidine rings is 1. The van der Waals surface area contributed by atoms with E-state index in [1.54, 1.807) is 6.07 Å². The topological polar surface area (TPSA) is 26.7 Å². The zero-order chi connectivity index (χ0) is 15.2. The van der Waals surface area contributed by atoms with Gasteiger partial charge in [0.15, 0.2) is 0 Å². The van der Waals surface area contributed by atoms with Gasteiger partial charge in [0.05, 0.1) is 6.61 Å². The zero-order valence-electron chi connectivity index (χ0n) is 13.1. The molecule has 118 valence electrons. The third-order valence-electron chi connectivity index (χ3n) is 4.69. The zero-order valence-corrected chi connectivity index (χ0v) is 13.1. The highest BCUT2D eigenvalue weighted by Gasteiger charge is 2.23. The number of aliphatic hydroxyl groups excluding tert-OH is 1. The molecule has 1 aromatic rings. The number of halogens is 1. The SMILES string of the molecule is CC(c1ccccc1F)N(C)CC1CCN(CCO)CC1. The van der Waals surface area contributed by atoms with Crippen molar-refractivity contribution < 1.29 is 9.50 Å². The summed E-state index contributed by atoms with van der Waals surface area (Å²) in [6, 6.07) is 7.15. The Balaban J connectivity index is 1.85. The van der Waals surface area contributed by atoms with E-state index >= 15 is 0 Å². The molecule has 1 fully saturated rings. The molecule has 0 saturated carbocycles. The molecule has 1 N–H and O–H groups in total. The summed E-state index contributed by atoms with van der Waals surface area (Å²) in [5.74, 6) is 0.550. The molecule has 0 bridgehead atoms. The monoisotopic (exact) mass is 294 g/mol. The van der Waals surface area contributed by atoms with Crippen LogP contribution in [0.15, 0.2) is 24.3 Å². The van der Waals surface area contributed by atoms with Crippen molar-refractivity contribution in [3.63, 3.8) is 0 Å². The van der Waals surface area contributed by atoms with E-state index in [0.717, 1.165) is 44.6 Å². The molecule has 1 heterocycles. The van der Waals surface area contributed by atoms with Crippen molar-refractivity contribution >= 4 is 0 Å². The Morgan fingerprint density at radius 3 is 2.62 bits per heavy atom. The minimum atomic E-state index is -0.116. The van der Waals surface area contributed by atoms with Gasteiger partial charge in [0.1, 0.15) is 5.82 Å². The maximum atomic E-state index is 13.9. The Morgan fingerprint density at radius 2 is 2.00 bits per heavy atom. The molecular formula is C17H27FN2O. The highest BCUT2D eigenvalue weighted by atomic mass is 19.1. The summed E-state index contributed by atoms with van der Waals surface area (Å²) in [6.07, 6.45) is 2.32. The van der Waals surface area contributed by atoms with Gasteiger partial charge >= 0.3 is 0 Å². The van der Waals surface area contributed by atoms with Crippen LogP contribution in [0.1, 0.15) is 31.4 Å². The van der Waals surface area contributed by atoms with E-state index in [4.69, 9.17) is 5.11 Å². The number of hydrogen-bond acceptors (Lipinski definition) is 3. The summed E-state index contributed by atoms with van der Waals surface area (Å²) in [5, 5.41) is 8.97. The maximum Gasteiger partial charge on any atom is 0.127 e. The number of nitrogens with zero attached hydrogens (tertiary/aromatic N) is 2. The second-order valence-corrected chi connectivity index (χ2v) is 6.15. The lowest BCUT2D eigenvalue weighted by Gasteiger charge is -2.35. The average Bonchev–Trinajstić information content (AvgIpc) is 2.49. The standard InChI is InChI=1S/C17H27FN2O/c1-14(16-5-3-4-6-17(16)18)19(2)13-15-7-9-20(10-8-15)11-12-21/h3-6,14-15,21H,7-13H2,1-2H3. The van der Waals surface area contributed by atoms with E-state index in [-0.39, 0.29) is 18.5 Å². The number of β-amino-alcohol motifs (C(OH)–C–C–N with tert-alkyl or cyclic N) is 1. The van der Waals surface area contributed by atoms with Crippen molar-refractivity contribution in [3.05, 3.63) is 35.6 Å². The Labute approximate surface area is 127 Å². The van der Waals surface area contributed by atoms with Crippen LogP contribution in [0.2, 0.25) is 0 Å². The summed E-state index contributed by atoms with van der Waals surface area (Å²) >= 11 is 0. The first-order valence-electron chi connectivity index (χ1n) is 7.89. The molecule has 4 heteroatoms. The van der Waals surface area contributed by atoms with Gasteiger partial charge in [0.25, 0.3) is 0 Å². The molecule has 21 heavy (non-hydrogen) atoms. The molecule has 1 aliphatic heterocycles. The van der Waals surface area contributed by atoms with Crippen LogP contribution >= 0.6 is 0 Å². The molecule has 0 amide bonds. The second-order valence-electron chi connectivity index (χ2n) is 6.15. The van der Waals surface area contributed by atoms with Gasteiger partial charge in [-0.05, 0) is 51.9 Å². The third kappa shape index (κ3) is 4.50. The lowest BCUT2D eigenvalue weighted by atomic mass is 9.95. The quantitative estimate of drug-likeness (QED) is 0.873. The molecular weight excluding hydrogens is 267 g/mol. The van der Waals surface area contributed by atoms with Crippen molar-refractivity contribution in [3.8, 4) is 0 Å². The second kappa shape index (κ2) is 7.87. The van der Waals surface area contributed by atoms with Gasteiger partial charge < -0.3 is 10.0 Å². The summed E-state index contributed by atoms with van der Waals surface area (Å²) < 4.78 is 13.9. The van der Waals surface area contributed by atoms with Crippen LogP contribution in [0.3, 0.4) is 0 Å². The molecule has 2 rings (SSSR count). The molecule has 1 unspecified atom stereocenters. The number of likely N-dealkylation sites (tertiary alicyclic amines) is 1. The Hall–Kier alpha value is -0.970. The van der Waals surface area contributed by atoms with Crippen LogP contribution in [0.5, 0.6) is 0 Å². The van der Waals surface area contributed by atoms with Gasteiger partial charge in [0, 0.05) is 24.7 Å². The predicted octanol–water partition coefficient (Wildman–Crippen LogP) is 2.52. The van der Waals surface area contributed by atoms with E-state index in [9.17, 15) is 4.39 Å². The van der Waals surface area contributed by atoms with Gasteiger partial charge in [-0.15, -0.1) is 0 Å². The van der Waals surface area contributed by atoms with Crippen LogP contribution in [0.25, 0.3) is 0 Å². The van der Waals surface area contributed by atoms with Crippen LogP contribution in [0, 0.1) is 11.7 Å². The largest absolute Gasteiger partial charge is 0.395 e. The van der Waals surface area contributed by atoms with E-state index in [1.165, 1.54) is 6.07 Å². The summed E-state index contributed by atoms with van der Waals surface area (Å²) in [4.78, 5) is 4.57. The van der Waals surface area contributed by atoms with Crippen molar-refractivity contribution in [1.29, 1.82) is 0 Å². The normalized spacial score (nSPS) is 19.1. The fourth-order valence-electron chi connectivity index (χ4n) is 3.15. The number of benzene rings is 1. The Morgan fingerprint density at radius 1 is 1.33 bits per heavy atom. The van der Waals surface area contributed by atoms with Gasteiger partial charge in [-0.2, -0.15) is 0 Å². The smallest absolute Gasteiger partial charge is 0.127 e. The average molecular weight is 294 g/mol. The van der Waals surface area contributed by atoms with Crippen LogP contribution in [-0.4, -0.2) is 54.7 Å². The fraction of sp³-hybridized carbons (Fsp3) is 0.647. The van der Waals surface area contributed by atoms with Crippen molar-refractivity contribution in [2.24, 2.45) is 5.92 Å². The third-order valence-corrected chi connectivity index (χ3v) is 4.69. The molecule has 1 atom stereocenters. The van der Waals surface area contributed by atoms with Gasteiger partial charge in [-0.3, -0.25) is 4.90 Å². The first kappa shape index (κ1) is 16.4. The van der Waals surface area contributed by atoms with Gasteiger partial charge in [-0.25, -0.2) is 4.39 Å². The van der Waals surface area contributed by atoms with Crippen LogP contribution in [-0.2, 0) is 0 Å². The molecule has 0 spiro atoms. The van der Waals surface area contributed by atoms with Crippen molar-refractivity contribution in [1.82, 2.24) is 9.80 Å². The summed E-state index contributed by atoms with van der Waals surface area (Å²) in [5.41, 5.74) is 0.776. The van der Waals surface area contributed by atoms with Crippen molar-refractivity contribution in [2.45, 2.75) is 25.8 Å². The molecule has 1 saturated heterocycles. The van der Waals surface area contributed by atoms with E-state index < -0.39 is 0 Å². The molecule has 0 radical (unpaired) electrons. The molecule has 3 nitrogen and oxygen atoms in total. The van der Waals surface area contributed by atoms with E-state index in [2.05, 4.69) is 23.8 Å². The number of rotatable bonds is 6. The van der Waals surface area contributed by atoms with Gasteiger partial charge in [0.2, 0.25) is 0 Å². The summed E-state index contributed by atoms with van der Waals surface area (Å²) in [7, 11) is 2.08. The van der Waals surface area contributed by atoms with Crippen molar-refractivity contribution in [2.75, 3.05) is 39.8 Å². The minimum Gasteiger partial charge on any atom is -0.395 e. The van der Waals surface area contributed by atoms with E-state index in [1.807, 2.05) is 12.1 Å². The molecule has 1 aliphatic rings. The van der Waals surface area contributed by atoms with Crippen LogP contribution < -0.4 is 0 Å². The molecule has 0 aromatic heterocycles.